The predicted octanol–water partition coefficient (Wildman–Crippen LogP) is 20.9. The molecule has 0 bridgehead atoms. The highest BCUT2D eigenvalue weighted by Gasteiger charge is 2.30. The number of aliphatic hydroxyl groups is 1. The maximum Gasteiger partial charge on any atom is 0.472 e. The van der Waals surface area contributed by atoms with Gasteiger partial charge in [0.05, 0.1) is 26.4 Å². The van der Waals surface area contributed by atoms with Gasteiger partial charge in [0.2, 0.25) is 0 Å². The molecule has 0 aromatic rings. The number of carbonyl (C=O) groups excluding carboxylic acids is 4. The quantitative estimate of drug-likeness (QED) is 0.0222. The topological polar surface area (TPSA) is 237 Å². The zero-order chi connectivity index (χ0) is 67.0. The standard InChI is InChI=1S/C72H140O17P2/c1-6-9-12-15-18-20-22-24-25-26-27-28-29-30-31-32-34-36-38-41-47-52-57-71(76)88-67(62-83-70(75)56-51-46-40-37-35-33-23-21-19-16-13-10-7-2)63-86-90(78,79)84-59-66(73)60-85-91(80,81)87-64-68(61-82-69(74)55-50-45-39-17-14-11-8-3)89-72(77)58-53-48-43-42-44-49-54-65(4)5/h65-68,73H,6-64H2,1-5H3,(H,78,79)(H,80,81)/t66-,67-,68-/m1/s1. The summed E-state index contributed by atoms with van der Waals surface area (Å²) in [6, 6.07) is 0. The highest BCUT2D eigenvalue weighted by molar-refractivity contribution is 7.47. The summed E-state index contributed by atoms with van der Waals surface area (Å²) in [6.45, 7) is 7.12. The van der Waals surface area contributed by atoms with Crippen molar-refractivity contribution >= 4 is 39.5 Å². The van der Waals surface area contributed by atoms with Gasteiger partial charge in [0.25, 0.3) is 0 Å². The Labute approximate surface area is 556 Å². The van der Waals surface area contributed by atoms with Gasteiger partial charge in [-0.1, -0.05) is 324 Å². The molecule has 0 amide bonds. The molecule has 0 rings (SSSR count). The van der Waals surface area contributed by atoms with Crippen LogP contribution >= 0.6 is 15.6 Å². The Morgan fingerprint density at radius 3 is 0.747 bits per heavy atom. The molecule has 5 atom stereocenters. The van der Waals surface area contributed by atoms with E-state index in [9.17, 15) is 43.2 Å². The Morgan fingerprint density at radius 1 is 0.297 bits per heavy atom. The number of rotatable bonds is 72. The maximum absolute atomic E-state index is 13.0. The van der Waals surface area contributed by atoms with E-state index in [2.05, 4.69) is 34.6 Å². The van der Waals surface area contributed by atoms with Crippen LogP contribution in [0.4, 0.5) is 0 Å². The molecule has 0 aliphatic heterocycles. The summed E-state index contributed by atoms with van der Waals surface area (Å²) in [4.78, 5) is 72.4. The second-order valence-corrected chi connectivity index (χ2v) is 29.4. The lowest BCUT2D eigenvalue weighted by atomic mass is 10.0. The molecule has 540 valence electrons. The molecule has 2 unspecified atom stereocenters. The molecule has 19 heteroatoms. The van der Waals surface area contributed by atoms with Crippen LogP contribution in [0.15, 0.2) is 0 Å². The van der Waals surface area contributed by atoms with Gasteiger partial charge in [0.15, 0.2) is 12.2 Å². The van der Waals surface area contributed by atoms with Crippen molar-refractivity contribution < 1.29 is 80.2 Å². The van der Waals surface area contributed by atoms with Crippen LogP contribution in [0.1, 0.15) is 375 Å². The van der Waals surface area contributed by atoms with E-state index < -0.39 is 97.5 Å². The first kappa shape index (κ1) is 89.1. The van der Waals surface area contributed by atoms with E-state index >= 15 is 0 Å². The van der Waals surface area contributed by atoms with Crippen molar-refractivity contribution in [3.05, 3.63) is 0 Å². The number of esters is 4. The fourth-order valence-electron chi connectivity index (χ4n) is 11.0. The molecule has 0 spiro atoms. The Balaban J connectivity index is 5.11. The third-order valence-corrected chi connectivity index (χ3v) is 18.7. The number of hydrogen-bond donors (Lipinski definition) is 3. The SMILES string of the molecule is CCCCCCCCCCCCCCCCCCCCCCCCC(=O)O[C@H](COC(=O)CCCCCCCCCCCCCCC)COP(=O)(O)OC[C@@H](O)COP(=O)(O)OC[C@@H](COC(=O)CCCCCCCCC)OC(=O)CCCCCCCCC(C)C. The molecular weight excluding hydrogens is 1200 g/mol. The summed E-state index contributed by atoms with van der Waals surface area (Å²) in [6.07, 6.45) is 53.3. The number of phosphoric ester groups is 2. The van der Waals surface area contributed by atoms with Gasteiger partial charge in [0.1, 0.15) is 19.3 Å². The molecule has 0 aromatic carbocycles. The van der Waals surface area contributed by atoms with Gasteiger partial charge in [-0.25, -0.2) is 9.13 Å². The Kier molecular flexibility index (Phi) is 64.0. The van der Waals surface area contributed by atoms with Gasteiger partial charge in [-0.3, -0.25) is 37.3 Å². The molecule has 0 fully saturated rings. The van der Waals surface area contributed by atoms with E-state index in [1.165, 1.54) is 186 Å². The van der Waals surface area contributed by atoms with E-state index in [1.54, 1.807) is 0 Å². The number of phosphoric acid groups is 2. The Bertz CT molecular complexity index is 1750. The van der Waals surface area contributed by atoms with Crippen LogP contribution in [0.3, 0.4) is 0 Å². The van der Waals surface area contributed by atoms with Crippen LogP contribution in [-0.2, 0) is 65.4 Å². The summed E-state index contributed by atoms with van der Waals surface area (Å²) in [5, 5.41) is 10.6. The number of ether oxygens (including phenoxy) is 4. The minimum Gasteiger partial charge on any atom is -0.462 e. The summed E-state index contributed by atoms with van der Waals surface area (Å²) in [5.41, 5.74) is 0. The van der Waals surface area contributed by atoms with Gasteiger partial charge in [-0.2, -0.15) is 0 Å². The van der Waals surface area contributed by atoms with Gasteiger partial charge >= 0.3 is 39.5 Å². The predicted molar refractivity (Wildman–Crippen MR) is 368 cm³/mol. The smallest absolute Gasteiger partial charge is 0.462 e. The van der Waals surface area contributed by atoms with Crippen LogP contribution in [-0.4, -0.2) is 96.7 Å². The van der Waals surface area contributed by atoms with Crippen molar-refractivity contribution in [1.82, 2.24) is 0 Å². The third kappa shape index (κ3) is 66.5. The van der Waals surface area contributed by atoms with Crippen molar-refractivity contribution in [3.8, 4) is 0 Å². The first-order valence-electron chi connectivity index (χ1n) is 37.6. The first-order chi connectivity index (χ1) is 44.0. The molecule has 0 heterocycles. The van der Waals surface area contributed by atoms with Crippen LogP contribution < -0.4 is 0 Å². The van der Waals surface area contributed by atoms with Crippen molar-refractivity contribution in [3.63, 3.8) is 0 Å². The molecule has 0 saturated carbocycles. The third-order valence-electron chi connectivity index (χ3n) is 16.8. The second-order valence-electron chi connectivity index (χ2n) is 26.5. The van der Waals surface area contributed by atoms with Gasteiger partial charge in [-0.15, -0.1) is 0 Å². The molecule has 17 nitrogen and oxygen atoms in total. The van der Waals surface area contributed by atoms with Crippen molar-refractivity contribution in [2.75, 3.05) is 39.6 Å². The fourth-order valence-corrected chi connectivity index (χ4v) is 12.6. The number of carbonyl (C=O) groups is 4. The fraction of sp³-hybridized carbons (Fsp3) is 0.944. The molecule has 0 aromatic heterocycles. The van der Waals surface area contributed by atoms with Gasteiger partial charge in [0, 0.05) is 25.7 Å². The highest BCUT2D eigenvalue weighted by atomic mass is 31.2. The molecule has 91 heavy (non-hydrogen) atoms. The molecular formula is C72H140O17P2. The minimum atomic E-state index is -4.95. The zero-order valence-corrected chi connectivity index (χ0v) is 60.8. The van der Waals surface area contributed by atoms with Crippen LogP contribution in [0.5, 0.6) is 0 Å². The van der Waals surface area contributed by atoms with E-state index in [0.29, 0.717) is 31.6 Å². The summed E-state index contributed by atoms with van der Waals surface area (Å²) in [5.74, 6) is -1.46. The maximum atomic E-state index is 13.0. The van der Waals surface area contributed by atoms with E-state index in [0.717, 1.165) is 103 Å². The van der Waals surface area contributed by atoms with E-state index in [-0.39, 0.29) is 25.7 Å². The van der Waals surface area contributed by atoms with E-state index in [1.807, 2.05) is 0 Å². The lowest BCUT2D eigenvalue weighted by Crippen LogP contribution is -2.30. The minimum absolute atomic E-state index is 0.102. The highest BCUT2D eigenvalue weighted by Crippen LogP contribution is 2.45. The van der Waals surface area contributed by atoms with Crippen molar-refractivity contribution in [1.29, 1.82) is 0 Å². The molecule has 0 radical (unpaired) electrons. The first-order valence-corrected chi connectivity index (χ1v) is 40.6. The number of hydrogen-bond acceptors (Lipinski definition) is 15. The lowest BCUT2D eigenvalue weighted by molar-refractivity contribution is -0.161. The van der Waals surface area contributed by atoms with Gasteiger partial charge in [-0.05, 0) is 31.6 Å². The second kappa shape index (κ2) is 65.4. The summed E-state index contributed by atoms with van der Waals surface area (Å²) in [7, 11) is -9.89. The zero-order valence-electron chi connectivity index (χ0n) is 59.0. The van der Waals surface area contributed by atoms with Crippen molar-refractivity contribution in [2.24, 2.45) is 5.92 Å². The van der Waals surface area contributed by atoms with Crippen LogP contribution in [0.25, 0.3) is 0 Å². The van der Waals surface area contributed by atoms with E-state index in [4.69, 9.17) is 37.0 Å². The van der Waals surface area contributed by atoms with Crippen LogP contribution in [0, 0.1) is 5.92 Å². The largest absolute Gasteiger partial charge is 0.472 e. The van der Waals surface area contributed by atoms with Gasteiger partial charge < -0.3 is 33.8 Å². The molecule has 3 N–H and O–H groups in total. The Morgan fingerprint density at radius 2 is 0.505 bits per heavy atom. The van der Waals surface area contributed by atoms with Crippen LogP contribution in [0.2, 0.25) is 0 Å². The summed E-state index contributed by atoms with van der Waals surface area (Å²) >= 11 is 0. The number of unbranched alkanes of at least 4 members (excludes halogenated alkanes) is 44. The molecule has 0 aliphatic rings. The number of aliphatic hydroxyl groups excluding tert-OH is 1. The normalized spacial score (nSPS) is 14.0. The lowest BCUT2D eigenvalue weighted by Gasteiger charge is -2.21. The molecule has 0 saturated heterocycles. The van der Waals surface area contributed by atoms with Crippen molar-refractivity contribution in [2.45, 2.75) is 393 Å². The summed E-state index contributed by atoms with van der Waals surface area (Å²) < 4.78 is 68.2. The average Bonchev–Trinajstić information content (AvgIpc) is 3.23. The average molecular weight is 1340 g/mol. The monoisotopic (exact) mass is 1340 g/mol. The molecule has 0 aliphatic carbocycles. The Hall–Kier alpha value is -1.94.